The molecule has 0 radical (unpaired) electrons. The van der Waals surface area contributed by atoms with Crippen LogP contribution in [0.15, 0.2) is 28.8 Å². The summed E-state index contributed by atoms with van der Waals surface area (Å²) in [6.07, 6.45) is 0.803. The molecule has 2 N–H and O–H groups in total. The Kier molecular flexibility index (Phi) is 4.17. The van der Waals surface area contributed by atoms with Crippen molar-refractivity contribution in [2.75, 3.05) is 19.8 Å². The zero-order valence-electron chi connectivity index (χ0n) is 12.0. The quantitative estimate of drug-likeness (QED) is 0.926. The van der Waals surface area contributed by atoms with Crippen LogP contribution in [0.25, 0.3) is 11.4 Å². The van der Waals surface area contributed by atoms with Crippen molar-refractivity contribution in [1.29, 1.82) is 0 Å². The predicted octanol–water partition coefficient (Wildman–Crippen LogP) is 1.97. The molecule has 0 bridgehead atoms. The van der Waals surface area contributed by atoms with Crippen LogP contribution in [0.2, 0.25) is 0 Å². The zero-order chi connectivity index (χ0) is 14.7. The number of ether oxygens (including phenoxy) is 2. The molecule has 112 valence electrons. The number of aromatic nitrogens is 2. The van der Waals surface area contributed by atoms with Crippen LogP contribution >= 0.6 is 0 Å². The largest absolute Gasteiger partial charge is 0.493 e. The second-order valence-corrected chi connectivity index (χ2v) is 5.02. The highest BCUT2D eigenvalue weighted by atomic mass is 16.5. The Morgan fingerprint density at radius 3 is 3.05 bits per heavy atom. The predicted molar refractivity (Wildman–Crippen MR) is 77.1 cm³/mol. The minimum Gasteiger partial charge on any atom is -0.493 e. The van der Waals surface area contributed by atoms with Gasteiger partial charge in [0.2, 0.25) is 11.7 Å². The van der Waals surface area contributed by atoms with Crippen molar-refractivity contribution in [3.63, 3.8) is 0 Å². The lowest BCUT2D eigenvalue weighted by atomic mass is 9.97. The van der Waals surface area contributed by atoms with E-state index in [1.165, 1.54) is 0 Å². The molecule has 6 heteroatoms. The first-order valence-electron chi connectivity index (χ1n) is 7.18. The van der Waals surface area contributed by atoms with Gasteiger partial charge in [-0.15, -0.1) is 0 Å². The van der Waals surface area contributed by atoms with Crippen LogP contribution in [-0.2, 0) is 4.74 Å². The molecule has 1 aromatic carbocycles. The molecule has 1 saturated heterocycles. The smallest absolute Gasteiger partial charge is 0.233 e. The average Bonchev–Trinajstić information content (AvgIpc) is 2.98. The summed E-state index contributed by atoms with van der Waals surface area (Å²) in [4.78, 5) is 4.48. The maximum atomic E-state index is 6.10. The fraction of sp³-hybridized carbons (Fsp3) is 0.467. The van der Waals surface area contributed by atoms with Crippen molar-refractivity contribution in [3.8, 4) is 17.1 Å². The van der Waals surface area contributed by atoms with Gasteiger partial charge in [0.05, 0.1) is 24.7 Å². The fourth-order valence-electron chi connectivity index (χ4n) is 2.44. The normalized spacial score (nSPS) is 22.2. The van der Waals surface area contributed by atoms with E-state index in [1.807, 2.05) is 31.2 Å². The SMILES string of the molecule is CCOc1ccccc1-c1noc(C2COCCC2N)n1. The number of hydrogen-bond donors (Lipinski definition) is 1. The number of benzene rings is 1. The summed E-state index contributed by atoms with van der Waals surface area (Å²) in [5.41, 5.74) is 6.92. The van der Waals surface area contributed by atoms with Gasteiger partial charge >= 0.3 is 0 Å². The van der Waals surface area contributed by atoms with Gasteiger partial charge in [0, 0.05) is 12.6 Å². The van der Waals surface area contributed by atoms with Crippen LogP contribution in [0, 0.1) is 0 Å². The van der Waals surface area contributed by atoms with E-state index in [2.05, 4.69) is 10.1 Å². The second-order valence-electron chi connectivity index (χ2n) is 5.02. The highest BCUT2D eigenvalue weighted by Crippen LogP contribution is 2.30. The zero-order valence-corrected chi connectivity index (χ0v) is 12.0. The Morgan fingerprint density at radius 1 is 1.38 bits per heavy atom. The van der Waals surface area contributed by atoms with Gasteiger partial charge in [-0.05, 0) is 25.5 Å². The summed E-state index contributed by atoms with van der Waals surface area (Å²) < 4.78 is 16.4. The molecule has 0 spiro atoms. The molecule has 1 aliphatic heterocycles. The summed E-state index contributed by atoms with van der Waals surface area (Å²) in [5.74, 6) is 1.76. The van der Waals surface area contributed by atoms with E-state index in [1.54, 1.807) is 0 Å². The maximum Gasteiger partial charge on any atom is 0.233 e. The van der Waals surface area contributed by atoms with Crippen molar-refractivity contribution in [1.82, 2.24) is 10.1 Å². The van der Waals surface area contributed by atoms with Crippen LogP contribution in [0.5, 0.6) is 5.75 Å². The monoisotopic (exact) mass is 289 g/mol. The van der Waals surface area contributed by atoms with Gasteiger partial charge < -0.3 is 19.7 Å². The molecular weight excluding hydrogens is 270 g/mol. The molecule has 21 heavy (non-hydrogen) atoms. The highest BCUT2D eigenvalue weighted by Gasteiger charge is 2.29. The van der Waals surface area contributed by atoms with E-state index in [4.69, 9.17) is 19.7 Å². The third-order valence-electron chi connectivity index (χ3n) is 3.60. The number of rotatable bonds is 4. The number of para-hydroxylation sites is 1. The summed E-state index contributed by atoms with van der Waals surface area (Å²) in [7, 11) is 0. The first kappa shape index (κ1) is 14.0. The van der Waals surface area contributed by atoms with E-state index in [0.29, 0.717) is 31.5 Å². The van der Waals surface area contributed by atoms with Gasteiger partial charge in [0.25, 0.3) is 0 Å². The molecule has 1 fully saturated rings. The molecule has 1 aromatic heterocycles. The van der Waals surface area contributed by atoms with E-state index in [-0.39, 0.29) is 12.0 Å². The van der Waals surface area contributed by atoms with Gasteiger partial charge in [-0.3, -0.25) is 0 Å². The third-order valence-corrected chi connectivity index (χ3v) is 3.60. The van der Waals surface area contributed by atoms with Gasteiger partial charge in [0.1, 0.15) is 5.75 Å². The van der Waals surface area contributed by atoms with Crippen LogP contribution in [0.4, 0.5) is 0 Å². The molecule has 2 atom stereocenters. The number of hydrogen-bond acceptors (Lipinski definition) is 6. The Balaban J connectivity index is 1.88. The van der Waals surface area contributed by atoms with E-state index < -0.39 is 0 Å². The molecule has 6 nitrogen and oxygen atoms in total. The molecule has 3 rings (SSSR count). The third kappa shape index (κ3) is 2.91. The van der Waals surface area contributed by atoms with E-state index >= 15 is 0 Å². The van der Waals surface area contributed by atoms with E-state index in [0.717, 1.165) is 17.7 Å². The van der Waals surface area contributed by atoms with Gasteiger partial charge in [0.15, 0.2) is 0 Å². The molecule has 2 heterocycles. The Bertz CT molecular complexity index is 599. The minimum absolute atomic E-state index is 0.00538. The van der Waals surface area contributed by atoms with Gasteiger partial charge in [-0.2, -0.15) is 4.98 Å². The molecule has 0 amide bonds. The summed E-state index contributed by atoms with van der Waals surface area (Å²) in [5, 5.41) is 4.06. The molecule has 2 unspecified atom stereocenters. The summed E-state index contributed by atoms with van der Waals surface area (Å²) >= 11 is 0. The summed E-state index contributed by atoms with van der Waals surface area (Å²) in [6, 6.07) is 7.64. The first-order valence-corrected chi connectivity index (χ1v) is 7.18. The maximum absolute atomic E-state index is 6.10. The Morgan fingerprint density at radius 2 is 2.24 bits per heavy atom. The first-order chi connectivity index (χ1) is 10.3. The molecule has 0 saturated carbocycles. The van der Waals surface area contributed by atoms with Crippen molar-refractivity contribution in [3.05, 3.63) is 30.2 Å². The van der Waals surface area contributed by atoms with Crippen LogP contribution in [0.3, 0.4) is 0 Å². The Hall–Kier alpha value is -1.92. The molecule has 2 aromatic rings. The Labute approximate surface area is 123 Å². The summed E-state index contributed by atoms with van der Waals surface area (Å²) in [6.45, 7) is 3.74. The van der Waals surface area contributed by atoms with Crippen molar-refractivity contribution in [2.24, 2.45) is 5.73 Å². The fourth-order valence-corrected chi connectivity index (χ4v) is 2.44. The van der Waals surface area contributed by atoms with Crippen molar-refractivity contribution in [2.45, 2.75) is 25.3 Å². The molecule has 1 aliphatic rings. The van der Waals surface area contributed by atoms with Crippen LogP contribution < -0.4 is 10.5 Å². The second kappa shape index (κ2) is 6.24. The molecule has 0 aliphatic carbocycles. The lowest BCUT2D eigenvalue weighted by Gasteiger charge is -2.25. The van der Waals surface area contributed by atoms with Crippen molar-refractivity contribution >= 4 is 0 Å². The van der Waals surface area contributed by atoms with Crippen LogP contribution in [0.1, 0.15) is 25.2 Å². The number of nitrogens with zero attached hydrogens (tertiary/aromatic N) is 2. The average molecular weight is 289 g/mol. The van der Waals surface area contributed by atoms with Crippen molar-refractivity contribution < 1.29 is 14.0 Å². The van der Waals surface area contributed by atoms with Gasteiger partial charge in [-0.1, -0.05) is 17.3 Å². The van der Waals surface area contributed by atoms with E-state index in [9.17, 15) is 0 Å². The lowest BCUT2D eigenvalue weighted by Crippen LogP contribution is -2.37. The highest BCUT2D eigenvalue weighted by molar-refractivity contribution is 5.63. The lowest BCUT2D eigenvalue weighted by molar-refractivity contribution is 0.0590. The molecular formula is C15H19N3O3. The van der Waals surface area contributed by atoms with Gasteiger partial charge in [-0.25, -0.2) is 0 Å². The number of nitrogens with two attached hydrogens (primary N) is 1. The minimum atomic E-state index is -0.0424. The standard InChI is InChI=1S/C15H19N3O3/c1-2-20-13-6-4-3-5-10(13)14-17-15(21-18-14)11-9-19-8-7-12(11)16/h3-6,11-12H,2,7-9,16H2,1H3. The van der Waals surface area contributed by atoms with Crippen LogP contribution in [-0.4, -0.2) is 36.0 Å². The topological polar surface area (TPSA) is 83.4 Å².